The molecule has 0 aliphatic rings. The fourth-order valence-corrected chi connectivity index (χ4v) is 3.86. The van der Waals surface area contributed by atoms with E-state index in [4.69, 9.17) is 11.6 Å². The summed E-state index contributed by atoms with van der Waals surface area (Å²) in [5, 5.41) is 6.11. The van der Waals surface area contributed by atoms with Gasteiger partial charge in [0.15, 0.2) is 0 Å². The summed E-state index contributed by atoms with van der Waals surface area (Å²) in [6.07, 6.45) is 0. The molecule has 2 aromatic heterocycles. The van der Waals surface area contributed by atoms with Crippen LogP contribution in [0.1, 0.15) is 29.2 Å². The van der Waals surface area contributed by atoms with E-state index in [1.165, 1.54) is 22.7 Å². The van der Waals surface area contributed by atoms with Gasteiger partial charge in [-0.2, -0.15) is 0 Å². The van der Waals surface area contributed by atoms with E-state index in [0.717, 1.165) is 9.88 Å². The van der Waals surface area contributed by atoms with Crippen LogP contribution in [0.2, 0.25) is 4.34 Å². The van der Waals surface area contributed by atoms with Crippen LogP contribution in [0.4, 0.5) is 0 Å². The van der Waals surface area contributed by atoms with E-state index in [1.54, 1.807) is 19.9 Å². The van der Waals surface area contributed by atoms with E-state index in [1.807, 2.05) is 13.0 Å². The van der Waals surface area contributed by atoms with Gasteiger partial charge in [0.1, 0.15) is 15.9 Å². The second kappa shape index (κ2) is 7.21. The number of nitrogens with zero attached hydrogens (tertiary/aromatic N) is 1. The van der Waals surface area contributed by atoms with E-state index < -0.39 is 6.04 Å². The molecule has 2 amide bonds. The molecule has 0 bridgehead atoms. The minimum atomic E-state index is -0.589. The van der Waals surface area contributed by atoms with Crippen molar-refractivity contribution in [3.8, 4) is 9.88 Å². The van der Waals surface area contributed by atoms with Gasteiger partial charge in [0.05, 0.1) is 14.9 Å². The largest absolute Gasteiger partial charge is 0.355 e. The van der Waals surface area contributed by atoms with Gasteiger partial charge in [-0.05, 0) is 32.9 Å². The average molecular weight is 358 g/mol. The smallest absolute Gasteiger partial charge is 0.263 e. The van der Waals surface area contributed by atoms with Gasteiger partial charge < -0.3 is 10.6 Å². The summed E-state index contributed by atoms with van der Waals surface area (Å²) < 4.78 is 0.679. The molecule has 0 fully saturated rings. The minimum absolute atomic E-state index is 0.205. The van der Waals surface area contributed by atoms with Crippen LogP contribution in [-0.4, -0.2) is 29.4 Å². The number of hydrogen-bond acceptors (Lipinski definition) is 5. The Morgan fingerprint density at radius 1 is 1.36 bits per heavy atom. The maximum atomic E-state index is 12.3. The molecule has 0 radical (unpaired) electrons. The van der Waals surface area contributed by atoms with Crippen molar-refractivity contribution in [3.05, 3.63) is 27.0 Å². The third-order valence-corrected chi connectivity index (χ3v) is 5.44. The first-order chi connectivity index (χ1) is 10.4. The van der Waals surface area contributed by atoms with Crippen LogP contribution in [0.5, 0.6) is 0 Å². The number of hydrogen-bond donors (Lipinski definition) is 2. The summed E-state index contributed by atoms with van der Waals surface area (Å²) >= 11 is 8.64. The number of thiazole rings is 1. The molecule has 2 aromatic rings. The molecule has 5 nitrogen and oxygen atoms in total. The number of amides is 2. The lowest BCUT2D eigenvalue weighted by Crippen LogP contribution is -2.44. The molecular weight excluding hydrogens is 342 g/mol. The first-order valence-corrected chi connectivity index (χ1v) is 8.75. The molecular formula is C14H16ClN3O2S2. The molecule has 0 aliphatic heterocycles. The number of thiophene rings is 1. The lowest BCUT2D eigenvalue weighted by Gasteiger charge is -2.12. The van der Waals surface area contributed by atoms with E-state index in [2.05, 4.69) is 15.6 Å². The fraction of sp³-hybridized carbons (Fsp3) is 0.357. The van der Waals surface area contributed by atoms with Crippen molar-refractivity contribution in [1.29, 1.82) is 0 Å². The highest BCUT2D eigenvalue weighted by Gasteiger charge is 2.21. The summed E-state index contributed by atoms with van der Waals surface area (Å²) in [6.45, 7) is 5.79. The van der Waals surface area contributed by atoms with E-state index >= 15 is 0 Å². The van der Waals surface area contributed by atoms with Gasteiger partial charge in [-0.25, -0.2) is 4.98 Å². The Morgan fingerprint density at radius 2 is 2.09 bits per heavy atom. The van der Waals surface area contributed by atoms with Crippen molar-refractivity contribution in [1.82, 2.24) is 15.6 Å². The number of rotatable bonds is 5. The van der Waals surface area contributed by atoms with Gasteiger partial charge in [-0.15, -0.1) is 22.7 Å². The average Bonchev–Trinajstić information content (AvgIpc) is 3.05. The van der Waals surface area contributed by atoms with Crippen molar-refractivity contribution in [3.63, 3.8) is 0 Å². The van der Waals surface area contributed by atoms with Gasteiger partial charge >= 0.3 is 0 Å². The molecule has 2 heterocycles. The normalized spacial score (nSPS) is 12.0. The molecule has 22 heavy (non-hydrogen) atoms. The number of halogens is 1. The maximum Gasteiger partial charge on any atom is 0.263 e. The van der Waals surface area contributed by atoms with E-state index in [0.29, 0.717) is 21.5 Å². The lowest BCUT2D eigenvalue weighted by molar-refractivity contribution is -0.122. The lowest BCUT2D eigenvalue weighted by atomic mass is 10.3. The quantitative estimate of drug-likeness (QED) is 0.863. The molecule has 118 valence electrons. The van der Waals surface area contributed by atoms with Crippen LogP contribution in [0.15, 0.2) is 12.1 Å². The van der Waals surface area contributed by atoms with Crippen molar-refractivity contribution >= 4 is 46.1 Å². The van der Waals surface area contributed by atoms with Crippen LogP contribution in [-0.2, 0) is 4.79 Å². The van der Waals surface area contributed by atoms with Crippen molar-refractivity contribution < 1.29 is 9.59 Å². The number of carbonyl (C=O) groups excluding carboxylic acids is 2. The third kappa shape index (κ3) is 3.85. The molecule has 0 saturated heterocycles. The molecule has 8 heteroatoms. The second-order valence-electron chi connectivity index (χ2n) is 4.63. The summed E-state index contributed by atoms with van der Waals surface area (Å²) in [4.78, 5) is 29.8. The maximum absolute atomic E-state index is 12.3. The Bertz CT molecular complexity index is 696. The predicted molar refractivity (Wildman–Crippen MR) is 90.8 cm³/mol. The molecule has 1 atom stereocenters. The number of nitrogens with one attached hydrogen (secondary N) is 2. The zero-order valence-corrected chi connectivity index (χ0v) is 14.8. The Hall–Kier alpha value is -1.44. The van der Waals surface area contributed by atoms with Gasteiger partial charge in [0.2, 0.25) is 5.91 Å². The Labute approximate surface area is 141 Å². The van der Waals surface area contributed by atoms with Gasteiger partial charge in [-0.3, -0.25) is 9.59 Å². The number of aryl methyl sites for hydroxylation is 1. The van der Waals surface area contributed by atoms with Crippen LogP contribution >= 0.6 is 34.3 Å². The molecule has 0 spiro atoms. The first-order valence-electron chi connectivity index (χ1n) is 6.74. The Kier molecular flexibility index (Phi) is 5.55. The van der Waals surface area contributed by atoms with E-state index in [-0.39, 0.29) is 11.8 Å². The predicted octanol–water partition coefficient (Wildman–Crippen LogP) is 3.09. The monoisotopic (exact) mass is 357 g/mol. The molecule has 2 N–H and O–H groups in total. The van der Waals surface area contributed by atoms with Crippen molar-refractivity contribution in [2.24, 2.45) is 0 Å². The third-order valence-electron chi connectivity index (χ3n) is 2.88. The van der Waals surface area contributed by atoms with Gasteiger partial charge in [0, 0.05) is 6.54 Å². The second-order valence-corrected chi connectivity index (χ2v) is 7.34. The highest BCUT2D eigenvalue weighted by molar-refractivity contribution is 7.24. The molecule has 0 aliphatic carbocycles. The van der Waals surface area contributed by atoms with Crippen molar-refractivity contribution in [2.75, 3.05) is 6.54 Å². The topological polar surface area (TPSA) is 71.1 Å². The van der Waals surface area contributed by atoms with E-state index in [9.17, 15) is 9.59 Å². The summed E-state index contributed by atoms with van der Waals surface area (Å²) in [5.41, 5.74) is 0.644. The van der Waals surface area contributed by atoms with Crippen LogP contribution in [0, 0.1) is 6.92 Å². The van der Waals surface area contributed by atoms with Gasteiger partial charge in [0.25, 0.3) is 5.91 Å². The number of likely N-dealkylation sites (N-methyl/N-ethyl adjacent to an activating group) is 1. The zero-order chi connectivity index (χ0) is 16.3. The summed E-state index contributed by atoms with van der Waals surface area (Å²) in [6, 6.07) is 3.09. The minimum Gasteiger partial charge on any atom is -0.355 e. The molecule has 2 rings (SSSR count). The van der Waals surface area contributed by atoms with Crippen LogP contribution in [0.3, 0.4) is 0 Å². The highest BCUT2D eigenvalue weighted by atomic mass is 35.5. The van der Waals surface area contributed by atoms with Crippen LogP contribution in [0.25, 0.3) is 9.88 Å². The standard InChI is InChI=1S/C14H16ClN3O2S2/c1-4-16-12(19)8(3)17-13(20)11-7(2)18-14(22-11)9-5-6-10(15)21-9/h5-6,8H,4H2,1-3H3,(H,16,19)(H,17,20)/t8-/m1/s1. The highest BCUT2D eigenvalue weighted by Crippen LogP contribution is 2.34. The molecule has 0 unspecified atom stereocenters. The Balaban J connectivity index is 2.14. The fourth-order valence-electron chi connectivity index (χ4n) is 1.80. The van der Waals surface area contributed by atoms with Crippen LogP contribution < -0.4 is 10.6 Å². The summed E-state index contributed by atoms with van der Waals surface area (Å²) in [7, 11) is 0. The zero-order valence-electron chi connectivity index (χ0n) is 12.4. The number of carbonyl (C=O) groups is 2. The summed E-state index contributed by atoms with van der Waals surface area (Å²) in [5.74, 6) is -0.495. The van der Waals surface area contributed by atoms with Gasteiger partial charge in [-0.1, -0.05) is 11.6 Å². The number of aromatic nitrogens is 1. The first kappa shape index (κ1) is 16.9. The molecule has 0 aromatic carbocycles. The van der Waals surface area contributed by atoms with Crippen molar-refractivity contribution in [2.45, 2.75) is 26.8 Å². The molecule has 0 saturated carbocycles. The SMILES string of the molecule is CCNC(=O)[C@@H](C)NC(=O)c1sc(-c2ccc(Cl)s2)nc1C. The Morgan fingerprint density at radius 3 is 2.68 bits per heavy atom.